The van der Waals surface area contributed by atoms with Crippen molar-refractivity contribution in [1.82, 2.24) is 0 Å². The van der Waals surface area contributed by atoms with Crippen LogP contribution in [0.3, 0.4) is 0 Å². The van der Waals surface area contributed by atoms with Crippen LogP contribution in [0.2, 0.25) is 0 Å². The van der Waals surface area contributed by atoms with E-state index in [1.165, 1.54) is 5.69 Å². The number of rotatable bonds is 3. The second-order valence-electron chi connectivity index (χ2n) is 2.80. The summed E-state index contributed by atoms with van der Waals surface area (Å²) >= 11 is 0. The molecule has 0 amide bonds. The Kier molecular flexibility index (Phi) is 3.15. The zero-order valence-electron chi connectivity index (χ0n) is 7.88. The van der Waals surface area contributed by atoms with Crippen molar-refractivity contribution in [3.05, 3.63) is 36.8 Å². The van der Waals surface area contributed by atoms with Crippen molar-refractivity contribution in [2.75, 3.05) is 18.0 Å². The Morgan fingerprint density at radius 3 is 2.25 bits per heavy atom. The fourth-order valence-electron chi connectivity index (χ4n) is 1.38. The van der Waals surface area contributed by atoms with Crippen LogP contribution in [0, 0.1) is 6.92 Å². The minimum atomic E-state index is 1.04. The van der Waals surface area contributed by atoms with Gasteiger partial charge in [0.2, 0.25) is 0 Å². The monoisotopic (exact) mass is 162 g/mol. The molecule has 0 saturated carbocycles. The first kappa shape index (κ1) is 9.11. The van der Waals surface area contributed by atoms with Crippen LogP contribution in [0.15, 0.2) is 24.3 Å². The molecule has 1 rings (SSSR count). The van der Waals surface area contributed by atoms with Crippen LogP contribution in [0.25, 0.3) is 0 Å². The molecule has 0 heterocycles. The summed E-state index contributed by atoms with van der Waals surface area (Å²) in [4.78, 5) is 2.31. The maximum Gasteiger partial charge on any atom is 0.0398 e. The molecule has 0 aliphatic heterocycles. The van der Waals surface area contributed by atoms with Crippen molar-refractivity contribution in [1.29, 1.82) is 0 Å². The van der Waals surface area contributed by atoms with Gasteiger partial charge in [0.05, 0.1) is 0 Å². The van der Waals surface area contributed by atoms with E-state index in [4.69, 9.17) is 0 Å². The molecule has 0 atom stereocenters. The van der Waals surface area contributed by atoms with E-state index in [9.17, 15) is 0 Å². The lowest BCUT2D eigenvalue weighted by molar-refractivity contribution is 0.864. The van der Waals surface area contributed by atoms with Gasteiger partial charge >= 0.3 is 0 Å². The van der Waals surface area contributed by atoms with E-state index in [-0.39, 0.29) is 0 Å². The average Bonchev–Trinajstić information content (AvgIpc) is 2.10. The van der Waals surface area contributed by atoms with Crippen molar-refractivity contribution in [2.45, 2.75) is 13.8 Å². The maximum absolute atomic E-state index is 4.00. The zero-order valence-corrected chi connectivity index (χ0v) is 7.88. The molecule has 0 aliphatic carbocycles. The molecule has 0 unspecified atom stereocenters. The number of hydrogen-bond acceptors (Lipinski definition) is 1. The SMILES string of the molecule is [CH2]c1ccccc1N(CC)CC. The highest BCUT2D eigenvalue weighted by atomic mass is 15.1. The molecule has 0 bridgehead atoms. The summed E-state index contributed by atoms with van der Waals surface area (Å²) in [6, 6.07) is 8.25. The molecule has 1 heteroatoms. The lowest BCUT2D eigenvalue weighted by Crippen LogP contribution is -2.22. The first-order valence-electron chi connectivity index (χ1n) is 4.45. The van der Waals surface area contributed by atoms with Gasteiger partial charge < -0.3 is 4.90 Å². The van der Waals surface area contributed by atoms with Gasteiger partial charge in [-0.1, -0.05) is 18.2 Å². The molecule has 0 spiro atoms. The number of benzene rings is 1. The highest BCUT2D eigenvalue weighted by Crippen LogP contribution is 2.18. The zero-order chi connectivity index (χ0) is 8.97. The Morgan fingerprint density at radius 1 is 1.17 bits per heavy atom. The molecule has 1 aromatic carbocycles. The van der Waals surface area contributed by atoms with Crippen LogP contribution in [-0.4, -0.2) is 13.1 Å². The van der Waals surface area contributed by atoms with E-state index in [1.807, 2.05) is 12.1 Å². The molecular formula is C11H16N. The number of nitrogens with zero attached hydrogens (tertiary/aromatic N) is 1. The lowest BCUT2D eigenvalue weighted by atomic mass is 10.2. The molecule has 0 N–H and O–H groups in total. The van der Waals surface area contributed by atoms with Crippen LogP contribution >= 0.6 is 0 Å². The summed E-state index contributed by atoms with van der Waals surface area (Å²) in [6.07, 6.45) is 0. The van der Waals surface area contributed by atoms with Gasteiger partial charge in [0, 0.05) is 18.8 Å². The van der Waals surface area contributed by atoms with Gasteiger partial charge in [0.25, 0.3) is 0 Å². The standard InChI is InChI=1S/C11H16N/c1-4-12(5-2)11-9-7-6-8-10(11)3/h6-9H,3-5H2,1-2H3. The second-order valence-corrected chi connectivity index (χ2v) is 2.80. The van der Waals surface area contributed by atoms with Crippen LogP contribution in [0.5, 0.6) is 0 Å². The highest BCUT2D eigenvalue weighted by Gasteiger charge is 2.02. The van der Waals surface area contributed by atoms with Crippen LogP contribution in [-0.2, 0) is 0 Å². The predicted molar refractivity (Wildman–Crippen MR) is 54.5 cm³/mol. The highest BCUT2D eigenvalue weighted by molar-refractivity contribution is 5.54. The molecule has 1 radical (unpaired) electrons. The van der Waals surface area contributed by atoms with Gasteiger partial charge in [-0.3, -0.25) is 0 Å². The van der Waals surface area contributed by atoms with Crippen molar-refractivity contribution in [3.8, 4) is 0 Å². The third kappa shape index (κ3) is 1.79. The maximum atomic E-state index is 4.00. The van der Waals surface area contributed by atoms with Crippen molar-refractivity contribution in [2.24, 2.45) is 0 Å². The normalized spacial score (nSPS) is 9.92. The first-order valence-corrected chi connectivity index (χ1v) is 4.45. The molecule has 1 aromatic rings. The van der Waals surface area contributed by atoms with Crippen LogP contribution < -0.4 is 4.90 Å². The summed E-state index contributed by atoms with van der Waals surface area (Å²) in [5.41, 5.74) is 2.36. The number of hydrogen-bond donors (Lipinski definition) is 0. The van der Waals surface area contributed by atoms with Crippen LogP contribution in [0.1, 0.15) is 19.4 Å². The Hall–Kier alpha value is -0.980. The largest absolute Gasteiger partial charge is 0.372 e. The van der Waals surface area contributed by atoms with Crippen molar-refractivity contribution >= 4 is 5.69 Å². The molecular weight excluding hydrogens is 146 g/mol. The van der Waals surface area contributed by atoms with Crippen molar-refractivity contribution < 1.29 is 0 Å². The molecule has 12 heavy (non-hydrogen) atoms. The van der Waals surface area contributed by atoms with E-state index in [1.54, 1.807) is 0 Å². The van der Waals surface area contributed by atoms with E-state index >= 15 is 0 Å². The van der Waals surface area contributed by atoms with Gasteiger partial charge in [-0.05, 0) is 32.4 Å². The summed E-state index contributed by atoms with van der Waals surface area (Å²) in [7, 11) is 0. The third-order valence-electron chi connectivity index (χ3n) is 2.10. The Labute approximate surface area is 75.0 Å². The second kappa shape index (κ2) is 4.15. The Morgan fingerprint density at radius 2 is 1.75 bits per heavy atom. The quantitative estimate of drug-likeness (QED) is 0.660. The summed E-state index contributed by atoms with van der Waals surface area (Å²) < 4.78 is 0. The minimum Gasteiger partial charge on any atom is -0.372 e. The van der Waals surface area contributed by atoms with Crippen LogP contribution in [0.4, 0.5) is 5.69 Å². The van der Waals surface area contributed by atoms with Gasteiger partial charge in [0.1, 0.15) is 0 Å². The lowest BCUT2D eigenvalue weighted by Gasteiger charge is -2.22. The van der Waals surface area contributed by atoms with E-state index in [0.29, 0.717) is 0 Å². The smallest absolute Gasteiger partial charge is 0.0398 e. The average molecular weight is 162 g/mol. The predicted octanol–water partition coefficient (Wildman–Crippen LogP) is 2.71. The third-order valence-corrected chi connectivity index (χ3v) is 2.10. The van der Waals surface area contributed by atoms with E-state index in [0.717, 1.165) is 18.7 Å². The Bertz CT molecular complexity index is 239. The summed E-state index contributed by atoms with van der Waals surface area (Å²) in [6.45, 7) is 10.4. The fourth-order valence-corrected chi connectivity index (χ4v) is 1.38. The molecule has 1 nitrogen and oxygen atoms in total. The van der Waals surface area contributed by atoms with Crippen molar-refractivity contribution in [3.63, 3.8) is 0 Å². The molecule has 65 valence electrons. The van der Waals surface area contributed by atoms with E-state index in [2.05, 4.69) is 37.8 Å². The van der Waals surface area contributed by atoms with Gasteiger partial charge in [-0.25, -0.2) is 0 Å². The van der Waals surface area contributed by atoms with Gasteiger partial charge in [-0.2, -0.15) is 0 Å². The van der Waals surface area contributed by atoms with Gasteiger partial charge in [0.15, 0.2) is 0 Å². The Balaban J connectivity index is 2.92. The summed E-state index contributed by atoms with van der Waals surface area (Å²) in [5, 5.41) is 0. The fraction of sp³-hybridized carbons (Fsp3) is 0.364. The molecule has 0 saturated heterocycles. The van der Waals surface area contributed by atoms with E-state index < -0.39 is 0 Å². The number of para-hydroxylation sites is 1. The number of anilines is 1. The molecule has 0 aromatic heterocycles. The molecule has 0 aliphatic rings. The topological polar surface area (TPSA) is 3.24 Å². The van der Waals surface area contributed by atoms with Gasteiger partial charge in [-0.15, -0.1) is 0 Å². The first-order chi connectivity index (χ1) is 5.79. The summed E-state index contributed by atoms with van der Waals surface area (Å²) in [5.74, 6) is 0. The minimum absolute atomic E-state index is 1.04. The molecule has 0 fully saturated rings.